The van der Waals surface area contributed by atoms with Crippen molar-refractivity contribution in [1.82, 2.24) is 9.88 Å². The summed E-state index contributed by atoms with van der Waals surface area (Å²) >= 11 is 6.10. The number of benzene rings is 3. The van der Waals surface area contributed by atoms with Gasteiger partial charge in [0.15, 0.2) is 0 Å². The summed E-state index contributed by atoms with van der Waals surface area (Å²) in [7, 11) is 2.68. The standard InChI is InChI=1S/C29H31ClF3N3O2/c1-18(2)16-36(14-13-35-24-11-12-34-25-15-19(30)9-10-22(24)25)17-23-26(29(31,32)33)28(38-4)21-8-6-5-7-20(21)27(23)37-3/h5-12,15,18H,13-14,16-17H2,1-4H3,(H,34,35). The van der Waals surface area contributed by atoms with Crippen molar-refractivity contribution in [3.8, 4) is 11.5 Å². The van der Waals surface area contributed by atoms with E-state index in [9.17, 15) is 13.2 Å². The Balaban J connectivity index is 1.68. The van der Waals surface area contributed by atoms with E-state index < -0.39 is 11.7 Å². The van der Waals surface area contributed by atoms with Crippen molar-refractivity contribution < 1.29 is 22.6 Å². The van der Waals surface area contributed by atoms with Crippen LogP contribution in [0.1, 0.15) is 25.0 Å². The average molecular weight is 546 g/mol. The molecule has 4 aromatic rings. The third-order valence-corrected chi connectivity index (χ3v) is 6.60. The fraction of sp³-hybridized carbons (Fsp3) is 0.345. The van der Waals surface area contributed by atoms with Gasteiger partial charge in [-0.1, -0.05) is 49.7 Å². The molecule has 3 aromatic carbocycles. The van der Waals surface area contributed by atoms with Gasteiger partial charge in [0.25, 0.3) is 0 Å². The zero-order valence-corrected chi connectivity index (χ0v) is 22.6. The lowest BCUT2D eigenvalue weighted by Crippen LogP contribution is -2.33. The highest BCUT2D eigenvalue weighted by atomic mass is 35.5. The lowest BCUT2D eigenvalue weighted by atomic mass is 9.96. The fourth-order valence-corrected chi connectivity index (χ4v) is 5.09. The summed E-state index contributed by atoms with van der Waals surface area (Å²) in [4.78, 5) is 6.38. The Hall–Kier alpha value is -3.23. The summed E-state index contributed by atoms with van der Waals surface area (Å²) in [6, 6.07) is 14.2. The quantitative estimate of drug-likeness (QED) is 0.222. The smallest absolute Gasteiger partial charge is 0.420 e. The number of pyridine rings is 1. The molecule has 1 aromatic heterocycles. The molecule has 0 fully saturated rings. The lowest BCUT2D eigenvalue weighted by Gasteiger charge is -2.29. The lowest BCUT2D eigenvalue weighted by molar-refractivity contribution is -0.139. The number of methoxy groups -OCH3 is 2. The number of hydrogen-bond acceptors (Lipinski definition) is 5. The molecule has 0 amide bonds. The molecule has 5 nitrogen and oxygen atoms in total. The molecule has 0 bridgehead atoms. The molecule has 1 heterocycles. The van der Waals surface area contributed by atoms with Gasteiger partial charge >= 0.3 is 6.18 Å². The Kier molecular flexibility index (Phi) is 8.53. The second-order valence-electron chi connectivity index (χ2n) is 9.54. The van der Waals surface area contributed by atoms with Crippen LogP contribution in [0.15, 0.2) is 54.7 Å². The number of nitrogens with one attached hydrogen (secondary N) is 1. The largest absolute Gasteiger partial charge is 0.496 e. The molecule has 0 atom stereocenters. The molecule has 38 heavy (non-hydrogen) atoms. The molecule has 1 N–H and O–H groups in total. The van der Waals surface area contributed by atoms with Crippen LogP contribution in [0.2, 0.25) is 5.02 Å². The number of hydrogen-bond donors (Lipinski definition) is 1. The summed E-state index contributed by atoms with van der Waals surface area (Å²) in [5, 5.41) is 5.89. The molecule has 0 aliphatic heterocycles. The molecule has 9 heteroatoms. The Morgan fingerprint density at radius 1 is 0.974 bits per heavy atom. The van der Waals surface area contributed by atoms with Gasteiger partial charge in [0.1, 0.15) is 17.1 Å². The molecular weight excluding hydrogens is 515 g/mol. The Morgan fingerprint density at radius 3 is 2.29 bits per heavy atom. The van der Waals surface area contributed by atoms with Gasteiger partial charge in [-0.05, 0) is 30.2 Å². The minimum Gasteiger partial charge on any atom is -0.496 e. The van der Waals surface area contributed by atoms with Gasteiger partial charge in [0.2, 0.25) is 0 Å². The third kappa shape index (κ3) is 5.92. The molecule has 0 aliphatic carbocycles. The van der Waals surface area contributed by atoms with E-state index in [1.54, 1.807) is 42.6 Å². The summed E-state index contributed by atoms with van der Waals surface area (Å²) < 4.78 is 54.5. The van der Waals surface area contributed by atoms with Crippen molar-refractivity contribution in [3.05, 3.63) is 70.9 Å². The number of nitrogens with zero attached hydrogens (tertiary/aromatic N) is 2. The molecular formula is C29H31ClF3N3O2. The Morgan fingerprint density at radius 2 is 1.66 bits per heavy atom. The number of fused-ring (bicyclic) bond motifs is 2. The number of alkyl halides is 3. The highest BCUT2D eigenvalue weighted by Crippen LogP contribution is 2.48. The maximum Gasteiger partial charge on any atom is 0.420 e. The predicted octanol–water partition coefficient (Wildman–Crippen LogP) is 7.65. The van der Waals surface area contributed by atoms with E-state index in [1.807, 2.05) is 30.9 Å². The summed E-state index contributed by atoms with van der Waals surface area (Å²) in [5.74, 6) is 0.266. The number of ether oxygens (including phenoxy) is 2. The highest BCUT2D eigenvalue weighted by molar-refractivity contribution is 6.31. The topological polar surface area (TPSA) is 46.6 Å². The van der Waals surface area contributed by atoms with Crippen LogP contribution >= 0.6 is 11.6 Å². The van der Waals surface area contributed by atoms with E-state index in [-0.39, 0.29) is 29.5 Å². The number of anilines is 1. The van der Waals surface area contributed by atoms with E-state index in [0.29, 0.717) is 35.4 Å². The monoisotopic (exact) mass is 545 g/mol. The van der Waals surface area contributed by atoms with Crippen LogP contribution in [0, 0.1) is 5.92 Å². The molecule has 0 unspecified atom stereocenters. The normalized spacial score (nSPS) is 12.1. The molecule has 0 saturated carbocycles. The van der Waals surface area contributed by atoms with Crippen LogP contribution in [-0.4, -0.2) is 43.7 Å². The maximum atomic E-state index is 14.5. The number of aromatic nitrogens is 1. The summed E-state index contributed by atoms with van der Waals surface area (Å²) in [6.07, 6.45) is -2.92. The van der Waals surface area contributed by atoms with Crippen LogP contribution in [0.25, 0.3) is 21.7 Å². The first kappa shape index (κ1) is 27.8. The number of halogens is 4. The summed E-state index contributed by atoms with van der Waals surface area (Å²) in [5.41, 5.74) is 0.927. The SMILES string of the molecule is COc1c(CN(CCNc2ccnc3cc(Cl)ccc23)CC(C)C)c(C(F)(F)F)c(OC)c2ccccc12. The van der Waals surface area contributed by atoms with E-state index in [1.165, 1.54) is 14.2 Å². The van der Waals surface area contributed by atoms with Crippen LogP contribution < -0.4 is 14.8 Å². The van der Waals surface area contributed by atoms with Gasteiger partial charge in [-0.25, -0.2) is 0 Å². The molecule has 0 radical (unpaired) electrons. The second-order valence-corrected chi connectivity index (χ2v) is 9.98. The third-order valence-electron chi connectivity index (χ3n) is 6.36. The molecule has 0 saturated heterocycles. The van der Waals surface area contributed by atoms with Gasteiger partial charge < -0.3 is 14.8 Å². The average Bonchev–Trinajstić information content (AvgIpc) is 2.86. The zero-order chi connectivity index (χ0) is 27.4. The Labute approximate surface area is 225 Å². The first-order valence-electron chi connectivity index (χ1n) is 12.4. The minimum atomic E-state index is -4.63. The zero-order valence-electron chi connectivity index (χ0n) is 21.8. The van der Waals surface area contributed by atoms with Gasteiger partial charge in [0.05, 0.1) is 19.7 Å². The van der Waals surface area contributed by atoms with Gasteiger partial charge in [-0.15, -0.1) is 0 Å². The maximum absolute atomic E-state index is 14.5. The van der Waals surface area contributed by atoms with Gasteiger partial charge in [0, 0.05) is 64.8 Å². The van der Waals surface area contributed by atoms with Crippen LogP contribution in [0.3, 0.4) is 0 Å². The number of rotatable bonds is 10. The van der Waals surface area contributed by atoms with E-state index >= 15 is 0 Å². The summed E-state index contributed by atoms with van der Waals surface area (Å²) in [6.45, 7) is 5.76. The molecule has 4 rings (SSSR count). The van der Waals surface area contributed by atoms with Gasteiger partial charge in [-0.3, -0.25) is 9.88 Å². The fourth-order valence-electron chi connectivity index (χ4n) is 4.92. The van der Waals surface area contributed by atoms with Crippen molar-refractivity contribution >= 4 is 39.0 Å². The van der Waals surface area contributed by atoms with Crippen LogP contribution in [0.4, 0.5) is 18.9 Å². The molecule has 202 valence electrons. The van der Waals surface area contributed by atoms with Crippen molar-refractivity contribution in [2.75, 3.05) is 39.2 Å². The highest BCUT2D eigenvalue weighted by Gasteiger charge is 2.40. The predicted molar refractivity (Wildman–Crippen MR) is 147 cm³/mol. The van der Waals surface area contributed by atoms with Crippen molar-refractivity contribution in [2.45, 2.75) is 26.6 Å². The molecule has 0 aliphatic rings. The van der Waals surface area contributed by atoms with E-state index in [4.69, 9.17) is 21.1 Å². The van der Waals surface area contributed by atoms with Crippen molar-refractivity contribution in [2.24, 2.45) is 5.92 Å². The first-order valence-corrected chi connectivity index (χ1v) is 12.7. The van der Waals surface area contributed by atoms with Crippen LogP contribution in [0.5, 0.6) is 11.5 Å². The van der Waals surface area contributed by atoms with Gasteiger partial charge in [-0.2, -0.15) is 13.2 Å². The van der Waals surface area contributed by atoms with Crippen LogP contribution in [-0.2, 0) is 12.7 Å². The van der Waals surface area contributed by atoms with Crippen molar-refractivity contribution in [3.63, 3.8) is 0 Å². The van der Waals surface area contributed by atoms with E-state index in [0.717, 1.165) is 16.6 Å². The Bertz CT molecular complexity index is 1430. The minimum absolute atomic E-state index is 0.0474. The molecule has 0 spiro atoms. The first-order chi connectivity index (χ1) is 18.1. The van der Waals surface area contributed by atoms with E-state index in [2.05, 4.69) is 10.3 Å². The van der Waals surface area contributed by atoms with Crippen molar-refractivity contribution in [1.29, 1.82) is 0 Å². The second kappa shape index (κ2) is 11.7.